The van der Waals surface area contributed by atoms with Gasteiger partial charge in [0.1, 0.15) is 6.10 Å². The number of hydrogen-bond donors (Lipinski definition) is 0. The number of likely N-dealkylation sites (tertiary alicyclic amines) is 1. The molecule has 1 fully saturated rings. The summed E-state index contributed by atoms with van der Waals surface area (Å²) in [7, 11) is 1.51. The summed E-state index contributed by atoms with van der Waals surface area (Å²) in [6.07, 6.45) is 1.43. The van der Waals surface area contributed by atoms with Gasteiger partial charge in [-0.15, -0.1) is 10.2 Å². The number of esters is 1. The standard InChI is InChI=1S/C16H23N3O5/c1-11(20)24-16(2,3)15(21)19-9-5-6-12(10-19)23-14-8-7-13(22-4)17-18-14/h7-8,12H,5-6,9-10H2,1-4H3. The zero-order valence-electron chi connectivity index (χ0n) is 14.4. The van der Waals surface area contributed by atoms with Gasteiger partial charge in [-0.3, -0.25) is 9.59 Å². The molecule has 1 aromatic heterocycles. The van der Waals surface area contributed by atoms with Crippen LogP contribution in [0, 0.1) is 0 Å². The fourth-order valence-corrected chi connectivity index (χ4v) is 2.65. The second-order valence-electron chi connectivity index (χ2n) is 6.15. The molecule has 2 rings (SSSR count). The molecule has 132 valence electrons. The van der Waals surface area contributed by atoms with Crippen LogP contribution in [0.1, 0.15) is 33.6 Å². The largest absolute Gasteiger partial charge is 0.480 e. The van der Waals surface area contributed by atoms with Gasteiger partial charge in [-0.2, -0.15) is 0 Å². The number of carbonyl (C=O) groups is 2. The Labute approximate surface area is 141 Å². The Morgan fingerprint density at radius 2 is 1.92 bits per heavy atom. The second kappa shape index (κ2) is 7.46. The summed E-state index contributed by atoms with van der Waals surface area (Å²) in [4.78, 5) is 25.4. The van der Waals surface area contributed by atoms with Crippen LogP contribution in [-0.2, 0) is 14.3 Å². The van der Waals surface area contributed by atoms with E-state index in [0.29, 0.717) is 24.8 Å². The number of piperidine rings is 1. The number of rotatable bonds is 5. The molecule has 1 unspecified atom stereocenters. The minimum Gasteiger partial charge on any atom is -0.480 e. The molecule has 1 atom stereocenters. The number of aromatic nitrogens is 2. The molecule has 2 heterocycles. The van der Waals surface area contributed by atoms with Crippen LogP contribution in [0.4, 0.5) is 0 Å². The predicted molar refractivity (Wildman–Crippen MR) is 84.7 cm³/mol. The minimum absolute atomic E-state index is 0.182. The topological polar surface area (TPSA) is 90.8 Å². The van der Waals surface area contributed by atoms with Gasteiger partial charge >= 0.3 is 5.97 Å². The highest BCUT2D eigenvalue weighted by Crippen LogP contribution is 2.21. The van der Waals surface area contributed by atoms with E-state index in [4.69, 9.17) is 14.2 Å². The quantitative estimate of drug-likeness (QED) is 0.746. The Morgan fingerprint density at radius 3 is 2.50 bits per heavy atom. The van der Waals surface area contributed by atoms with Gasteiger partial charge in [-0.1, -0.05) is 0 Å². The summed E-state index contributed by atoms with van der Waals surface area (Å²) < 4.78 is 15.9. The van der Waals surface area contributed by atoms with Crippen LogP contribution in [0.15, 0.2) is 12.1 Å². The first-order valence-corrected chi connectivity index (χ1v) is 7.85. The summed E-state index contributed by atoms with van der Waals surface area (Å²) in [6, 6.07) is 3.34. The number of ether oxygens (including phenoxy) is 3. The first-order valence-electron chi connectivity index (χ1n) is 7.85. The maximum Gasteiger partial charge on any atom is 0.303 e. The minimum atomic E-state index is -1.19. The number of amides is 1. The van der Waals surface area contributed by atoms with Gasteiger partial charge in [0, 0.05) is 25.6 Å². The van der Waals surface area contributed by atoms with Gasteiger partial charge in [0.05, 0.1) is 13.7 Å². The number of methoxy groups -OCH3 is 1. The van der Waals surface area contributed by atoms with Gasteiger partial charge in [-0.05, 0) is 26.7 Å². The SMILES string of the molecule is COc1ccc(OC2CCCN(C(=O)C(C)(C)OC(C)=O)C2)nn1. The van der Waals surface area contributed by atoms with Crippen LogP contribution in [0.5, 0.6) is 11.8 Å². The van der Waals surface area contributed by atoms with Gasteiger partial charge in [0.2, 0.25) is 11.8 Å². The lowest BCUT2D eigenvalue weighted by Gasteiger charge is -2.36. The van der Waals surface area contributed by atoms with Crippen LogP contribution in [0.25, 0.3) is 0 Å². The molecule has 0 saturated carbocycles. The number of carbonyl (C=O) groups excluding carboxylic acids is 2. The molecule has 0 radical (unpaired) electrons. The molecule has 1 amide bonds. The third kappa shape index (κ3) is 4.56. The Bertz CT molecular complexity index is 588. The summed E-state index contributed by atoms with van der Waals surface area (Å²) in [6.45, 7) is 5.50. The molecule has 1 aromatic rings. The van der Waals surface area contributed by atoms with Gasteiger partial charge in [0.25, 0.3) is 5.91 Å². The van der Waals surface area contributed by atoms with E-state index in [9.17, 15) is 9.59 Å². The van der Waals surface area contributed by atoms with Crippen molar-refractivity contribution >= 4 is 11.9 Å². The first-order chi connectivity index (χ1) is 11.3. The fraction of sp³-hybridized carbons (Fsp3) is 0.625. The van der Waals surface area contributed by atoms with Crippen molar-refractivity contribution in [2.75, 3.05) is 20.2 Å². The molecular weight excluding hydrogens is 314 g/mol. The molecule has 24 heavy (non-hydrogen) atoms. The van der Waals surface area contributed by atoms with Crippen LogP contribution >= 0.6 is 0 Å². The zero-order chi connectivity index (χ0) is 17.7. The van der Waals surface area contributed by atoms with Crippen molar-refractivity contribution in [1.29, 1.82) is 0 Å². The summed E-state index contributed by atoms with van der Waals surface area (Å²) in [5, 5.41) is 7.79. The van der Waals surface area contributed by atoms with Crippen LogP contribution in [0.3, 0.4) is 0 Å². The maximum absolute atomic E-state index is 12.6. The highest BCUT2D eigenvalue weighted by molar-refractivity contribution is 5.86. The first kappa shape index (κ1) is 18.0. The Balaban J connectivity index is 1.97. The lowest BCUT2D eigenvalue weighted by Crippen LogP contribution is -2.53. The van der Waals surface area contributed by atoms with Crippen LogP contribution in [0.2, 0.25) is 0 Å². The third-order valence-corrected chi connectivity index (χ3v) is 3.69. The normalized spacial score (nSPS) is 18.0. The molecule has 0 aliphatic carbocycles. The molecular formula is C16H23N3O5. The monoisotopic (exact) mass is 337 g/mol. The Morgan fingerprint density at radius 1 is 1.25 bits per heavy atom. The smallest absolute Gasteiger partial charge is 0.303 e. The molecule has 8 heteroatoms. The second-order valence-corrected chi connectivity index (χ2v) is 6.15. The fourth-order valence-electron chi connectivity index (χ4n) is 2.65. The average molecular weight is 337 g/mol. The van der Waals surface area contributed by atoms with Crippen molar-refractivity contribution < 1.29 is 23.8 Å². The molecule has 0 spiro atoms. The zero-order valence-corrected chi connectivity index (χ0v) is 14.4. The predicted octanol–water partition coefficient (Wildman–Crippen LogP) is 1.20. The van der Waals surface area contributed by atoms with E-state index in [2.05, 4.69) is 10.2 Å². The number of hydrogen-bond acceptors (Lipinski definition) is 7. The van der Waals surface area contributed by atoms with E-state index < -0.39 is 11.6 Å². The summed E-state index contributed by atoms with van der Waals surface area (Å²) >= 11 is 0. The van der Waals surface area contributed by atoms with E-state index in [0.717, 1.165) is 12.8 Å². The van der Waals surface area contributed by atoms with Crippen LogP contribution in [-0.4, -0.2) is 58.9 Å². The Hall–Kier alpha value is -2.38. The molecule has 1 aliphatic rings. The maximum atomic E-state index is 12.6. The molecule has 8 nitrogen and oxygen atoms in total. The average Bonchev–Trinajstić information content (AvgIpc) is 2.54. The van der Waals surface area contributed by atoms with Crippen molar-refractivity contribution in [2.24, 2.45) is 0 Å². The lowest BCUT2D eigenvalue weighted by atomic mass is 10.0. The highest BCUT2D eigenvalue weighted by Gasteiger charge is 2.37. The van der Waals surface area contributed by atoms with Crippen molar-refractivity contribution in [3.05, 3.63) is 12.1 Å². The third-order valence-electron chi connectivity index (χ3n) is 3.69. The van der Waals surface area contributed by atoms with E-state index in [1.54, 1.807) is 30.9 Å². The summed E-state index contributed by atoms with van der Waals surface area (Å²) in [5.74, 6) is 0.0822. The molecule has 1 saturated heterocycles. The molecule has 0 bridgehead atoms. The van der Waals surface area contributed by atoms with E-state index in [-0.39, 0.29) is 12.0 Å². The number of nitrogens with zero attached hydrogens (tertiary/aromatic N) is 3. The van der Waals surface area contributed by atoms with Crippen molar-refractivity contribution in [2.45, 2.75) is 45.3 Å². The lowest BCUT2D eigenvalue weighted by molar-refractivity contribution is -0.169. The van der Waals surface area contributed by atoms with Gasteiger partial charge < -0.3 is 19.1 Å². The van der Waals surface area contributed by atoms with Crippen LogP contribution < -0.4 is 9.47 Å². The van der Waals surface area contributed by atoms with E-state index in [1.807, 2.05) is 0 Å². The van der Waals surface area contributed by atoms with Crippen molar-refractivity contribution in [1.82, 2.24) is 15.1 Å². The van der Waals surface area contributed by atoms with E-state index >= 15 is 0 Å². The van der Waals surface area contributed by atoms with E-state index in [1.165, 1.54) is 14.0 Å². The summed E-state index contributed by atoms with van der Waals surface area (Å²) in [5.41, 5.74) is -1.19. The highest BCUT2D eigenvalue weighted by atomic mass is 16.6. The molecule has 1 aliphatic heterocycles. The van der Waals surface area contributed by atoms with Crippen molar-refractivity contribution in [3.63, 3.8) is 0 Å². The molecule has 0 aromatic carbocycles. The Kier molecular flexibility index (Phi) is 5.58. The molecule has 0 N–H and O–H groups in total. The van der Waals surface area contributed by atoms with Crippen molar-refractivity contribution in [3.8, 4) is 11.8 Å². The van der Waals surface area contributed by atoms with Gasteiger partial charge in [0.15, 0.2) is 5.60 Å². The van der Waals surface area contributed by atoms with Gasteiger partial charge in [-0.25, -0.2) is 0 Å².